The molecule has 23 heavy (non-hydrogen) atoms. The van der Waals surface area contributed by atoms with E-state index in [0.717, 1.165) is 0 Å². The van der Waals surface area contributed by atoms with Crippen molar-refractivity contribution < 1.29 is 14.3 Å². The van der Waals surface area contributed by atoms with E-state index in [-0.39, 0.29) is 17.9 Å². The Balaban J connectivity index is 2.11. The number of carbonyl (C=O) groups is 1. The van der Waals surface area contributed by atoms with Gasteiger partial charge in [-0.3, -0.25) is 0 Å². The fourth-order valence-corrected chi connectivity index (χ4v) is 2.47. The Morgan fingerprint density at radius 2 is 2.00 bits per heavy atom. The first-order valence-corrected chi connectivity index (χ1v) is 7.10. The number of carboxylic acids is 1. The molecule has 0 spiro atoms. The lowest BCUT2D eigenvalue weighted by molar-refractivity contribution is 0.0691. The molecule has 0 fully saturated rings. The van der Waals surface area contributed by atoms with Crippen LogP contribution >= 0.6 is 11.6 Å². The third kappa shape index (κ3) is 3.07. The molecular weight excluding hydrogens is 321 g/mol. The fourth-order valence-electron chi connectivity index (χ4n) is 2.28. The Hall–Kier alpha value is -2.73. The Morgan fingerprint density at radius 3 is 2.70 bits per heavy atom. The molecule has 0 radical (unpaired) electrons. The summed E-state index contributed by atoms with van der Waals surface area (Å²) in [5, 5.41) is 17.3. The average Bonchev–Trinajstić information content (AvgIpc) is 2.93. The minimum atomic E-state index is -1.21. The van der Waals surface area contributed by atoms with Gasteiger partial charge in [0.1, 0.15) is 11.5 Å². The summed E-state index contributed by atoms with van der Waals surface area (Å²) in [7, 11) is 0. The van der Waals surface area contributed by atoms with Gasteiger partial charge < -0.3 is 5.11 Å². The monoisotopic (exact) mass is 331 g/mol. The van der Waals surface area contributed by atoms with Crippen LogP contribution < -0.4 is 0 Å². The van der Waals surface area contributed by atoms with Crippen molar-refractivity contribution in [3.05, 3.63) is 70.6 Å². The standard InChI is InChI=1S/C16H11ClFN3O2/c17-12-6-3-5-10(8-12)15-14(16(22)23)19-20-21(15)9-11-4-1-2-7-13(11)18/h1-8H,9H2,(H,22,23). The van der Waals surface area contributed by atoms with Gasteiger partial charge in [0.25, 0.3) is 0 Å². The number of halogens is 2. The smallest absolute Gasteiger partial charge is 0.358 e. The molecular formula is C16H11ClFN3O2. The molecule has 0 saturated heterocycles. The van der Waals surface area contributed by atoms with Gasteiger partial charge in [0.05, 0.1) is 6.54 Å². The first-order chi connectivity index (χ1) is 11.1. The number of nitrogens with zero attached hydrogens (tertiary/aromatic N) is 3. The molecule has 0 bridgehead atoms. The predicted octanol–water partition coefficient (Wildman–Crippen LogP) is 3.48. The zero-order valence-corrected chi connectivity index (χ0v) is 12.5. The summed E-state index contributed by atoms with van der Waals surface area (Å²) >= 11 is 5.97. The molecule has 0 unspecified atom stereocenters. The minimum absolute atomic E-state index is 0.0643. The van der Waals surface area contributed by atoms with Crippen LogP contribution in [0.3, 0.4) is 0 Å². The minimum Gasteiger partial charge on any atom is -0.476 e. The lowest BCUT2D eigenvalue weighted by Gasteiger charge is -2.08. The van der Waals surface area contributed by atoms with E-state index >= 15 is 0 Å². The molecule has 1 heterocycles. The number of hydrogen-bond donors (Lipinski definition) is 1. The molecule has 0 aliphatic heterocycles. The topological polar surface area (TPSA) is 68.0 Å². The zero-order valence-electron chi connectivity index (χ0n) is 11.8. The van der Waals surface area contributed by atoms with Crippen LogP contribution in [-0.4, -0.2) is 26.1 Å². The Kier molecular flexibility index (Phi) is 4.08. The molecule has 1 aromatic heterocycles. The molecule has 1 N–H and O–H groups in total. The Bertz CT molecular complexity index is 879. The highest BCUT2D eigenvalue weighted by Crippen LogP contribution is 2.26. The van der Waals surface area contributed by atoms with Gasteiger partial charge in [-0.05, 0) is 18.2 Å². The van der Waals surface area contributed by atoms with Crippen LogP contribution in [0.15, 0.2) is 48.5 Å². The van der Waals surface area contributed by atoms with Crippen LogP contribution in [-0.2, 0) is 6.54 Å². The second kappa shape index (κ2) is 6.18. The molecule has 116 valence electrons. The van der Waals surface area contributed by atoms with Crippen LogP contribution in [0.5, 0.6) is 0 Å². The second-order valence-corrected chi connectivity index (χ2v) is 5.29. The zero-order chi connectivity index (χ0) is 16.4. The predicted molar refractivity (Wildman–Crippen MR) is 82.9 cm³/mol. The third-order valence-electron chi connectivity index (χ3n) is 3.31. The average molecular weight is 332 g/mol. The Labute approximate surface area is 135 Å². The van der Waals surface area contributed by atoms with Crippen LogP contribution in [0.25, 0.3) is 11.3 Å². The van der Waals surface area contributed by atoms with Crippen LogP contribution in [0.1, 0.15) is 16.1 Å². The maximum Gasteiger partial charge on any atom is 0.358 e. The molecule has 2 aromatic carbocycles. The van der Waals surface area contributed by atoms with Gasteiger partial charge in [-0.1, -0.05) is 47.1 Å². The molecule has 0 atom stereocenters. The summed E-state index contributed by atoms with van der Waals surface area (Å²) in [6.45, 7) is 0.0643. The summed E-state index contributed by atoms with van der Waals surface area (Å²) in [5.41, 5.74) is 1.01. The van der Waals surface area contributed by atoms with Gasteiger partial charge in [0.15, 0.2) is 5.69 Å². The third-order valence-corrected chi connectivity index (χ3v) is 3.55. The highest BCUT2D eigenvalue weighted by atomic mass is 35.5. The lowest BCUT2D eigenvalue weighted by Crippen LogP contribution is -2.07. The van der Waals surface area contributed by atoms with Gasteiger partial charge in [0, 0.05) is 16.1 Å². The van der Waals surface area contributed by atoms with Gasteiger partial charge >= 0.3 is 5.97 Å². The summed E-state index contributed by atoms with van der Waals surface area (Å²) in [6.07, 6.45) is 0. The highest BCUT2D eigenvalue weighted by molar-refractivity contribution is 6.30. The summed E-state index contributed by atoms with van der Waals surface area (Å²) in [6, 6.07) is 12.9. The van der Waals surface area contributed by atoms with Gasteiger partial charge in [-0.2, -0.15) is 0 Å². The second-order valence-electron chi connectivity index (χ2n) is 4.85. The molecule has 0 aliphatic rings. The highest BCUT2D eigenvalue weighted by Gasteiger charge is 2.21. The van der Waals surface area contributed by atoms with E-state index in [2.05, 4.69) is 10.3 Å². The van der Waals surface area contributed by atoms with Crippen molar-refractivity contribution in [3.63, 3.8) is 0 Å². The Morgan fingerprint density at radius 1 is 1.22 bits per heavy atom. The lowest BCUT2D eigenvalue weighted by atomic mass is 10.1. The largest absolute Gasteiger partial charge is 0.476 e. The van der Waals surface area contributed by atoms with E-state index in [9.17, 15) is 14.3 Å². The number of hydrogen-bond acceptors (Lipinski definition) is 3. The van der Waals surface area contributed by atoms with E-state index in [1.54, 1.807) is 42.5 Å². The molecule has 3 rings (SSSR count). The van der Waals surface area contributed by atoms with Crippen molar-refractivity contribution in [3.8, 4) is 11.3 Å². The molecule has 0 amide bonds. The van der Waals surface area contributed by atoms with Crippen molar-refractivity contribution >= 4 is 17.6 Å². The number of carboxylic acid groups (broad SMARTS) is 1. The molecule has 5 nitrogen and oxygen atoms in total. The van der Waals surface area contributed by atoms with Crippen LogP contribution in [0.2, 0.25) is 5.02 Å². The van der Waals surface area contributed by atoms with E-state index < -0.39 is 11.8 Å². The van der Waals surface area contributed by atoms with Crippen molar-refractivity contribution in [2.45, 2.75) is 6.54 Å². The maximum atomic E-state index is 13.8. The quantitative estimate of drug-likeness (QED) is 0.794. The SMILES string of the molecule is O=C(O)c1nnn(Cc2ccccc2F)c1-c1cccc(Cl)c1. The number of aromatic carboxylic acids is 1. The van der Waals surface area contributed by atoms with Gasteiger partial charge in [0.2, 0.25) is 0 Å². The number of benzene rings is 2. The summed E-state index contributed by atoms with van der Waals surface area (Å²) < 4.78 is 15.2. The van der Waals surface area contributed by atoms with Crippen LogP contribution in [0, 0.1) is 5.82 Å². The van der Waals surface area contributed by atoms with E-state index in [1.165, 1.54) is 10.7 Å². The fraction of sp³-hybridized carbons (Fsp3) is 0.0625. The summed E-state index contributed by atoms with van der Waals surface area (Å²) in [4.78, 5) is 11.4. The molecule has 0 aliphatic carbocycles. The van der Waals surface area contributed by atoms with Gasteiger partial charge in [-0.15, -0.1) is 5.10 Å². The maximum absolute atomic E-state index is 13.8. The van der Waals surface area contributed by atoms with E-state index in [0.29, 0.717) is 16.1 Å². The normalized spacial score (nSPS) is 10.7. The van der Waals surface area contributed by atoms with Crippen molar-refractivity contribution in [2.24, 2.45) is 0 Å². The van der Waals surface area contributed by atoms with E-state index in [4.69, 9.17) is 11.6 Å². The van der Waals surface area contributed by atoms with Crippen molar-refractivity contribution in [1.82, 2.24) is 15.0 Å². The van der Waals surface area contributed by atoms with Crippen molar-refractivity contribution in [2.75, 3.05) is 0 Å². The van der Waals surface area contributed by atoms with E-state index in [1.807, 2.05) is 0 Å². The number of rotatable bonds is 4. The molecule has 7 heteroatoms. The van der Waals surface area contributed by atoms with Gasteiger partial charge in [-0.25, -0.2) is 13.9 Å². The number of aromatic nitrogens is 3. The first kappa shape index (κ1) is 15.2. The summed E-state index contributed by atoms with van der Waals surface area (Å²) in [5.74, 6) is -1.60. The molecule has 0 saturated carbocycles. The first-order valence-electron chi connectivity index (χ1n) is 6.72. The molecule has 3 aromatic rings. The van der Waals surface area contributed by atoms with Crippen molar-refractivity contribution in [1.29, 1.82) is 0 Å². The van der Waals surface area contributed by atoms with Crippen LogP contribution in [0.4, 0.5) is 4.39 Å².